The average Bonchev–Trinajstić information content (AvgIpc) is 3.71. The molecule has 1 aliphatic rings. The minimum atomic E-state index is 0.273. The van der Waals surface area contributed by atoms with Gasteiger partial charge in [-0.2, -0.15) is 0 Å². The Balaban J connectivity index is 0.984. The standard InChI is InChI=1S/C49H33N/c1-3-12-35(13-4-1)49-43-20-8-7-18-41(43)45-31-38(26-28-44(45)49)34-24-22-33(23-25-34)36-14-11-15-37(30-36)39-27-29-48-46(32-39)42-19-9-10-21-47(42)50(48)40-16-5-2-6-17-40/h1-32,49H. The monoisotopic (exact) mass is 635 g/mol. The largest absolute Gasteiger partial charge is 0.309 e. The molecule has 0 N–H and O–H groups in total. The van der Waals surface area contributed by atoms with E-state index >= 15 is 0 Å². The molecule has 0 saturated heterocycles. The van der Waals surface area contributed by atoms with Crippen LogP contribution in [0, 0.1) is 0 Å². The fourth-order valence-corrected chi connectivity index (χ4v) is 8.13. The number of fused-ring (bicyclic) bond motifs is 6. The van der Waals surface area contributed by atoms with Crippen LogP contribution in [0.15, 0.2) is 194 Å². The van der Waals surface area contributed by atoms with Gasteiger partial charge >= 0.3 is 0 Å². The van der Waals surface area contributed by atoms with Crippen molar-refractivity contribution in [3.05, 3.63) is 211 Å². The summed E-state index contributed by atoms with van der Waals surface area (Å²) in [5.41, 5.74) is 17.8. The Morgan fingerprint density at radius 3 is 1.68 bits per heavy atom. The summed E-state index contributed by atoms with van der Waals surface area (Å²) in [5.74, 6) is 0.273. The van der Waals surface area contributed by atoms with Gasteiger partial charge in [-0.15, -0.1) is 0 Å². The molecule has 0 amide bonds. The zero-order chi connectivity index (χ0) is 33.0. The Bertz CT molecular complexity index is 2680. The summed E-state index contributed by atoms with van der Waals surface area (Å²) in [6.07, 6.45) is 0. The lowest BCUT2D eigenvalue weighted by atomic mass is 9.89. The Hall–Kier alpha value is -6.44. The number of aromatic nitrogens is 1. The molecule has 0 bridgehead atoms. The van der Waals surface area contributed by atoms with Crippen LogP contribution in [0.2, 0.25) is 0 Å². The maximum absolute atomic E-state index is 2.39. The molecule has 9 aromatic rings. The van der Waals surface area contributed by atoms with Gasteiger partial charge in [-0.25, -0.2) is 0 Å². The summed E-state index contributed by atoms with van der Waals surface area (Å²) in [7, 11) is 0. The lowest BCUT2D eigenvalue weighted by Gasteiger charge is -2.14. The van der Waals surface area contributed by atoms with Gasteiger partial charge in [0.25, 0.3) is 0 Å². The highest BCUT2D eigenvalue weighted by atomic mass is 15.0. The van der Waals surface area contributed by atoms with Crippen molar-refractivity contribution in [1.29, 1.82) is 0 Å². The van der Waals surface area contributed by atoms with Gasteiger partial charge in [0.2, 0.25) is 0 Å². The third-order valence-electron chi connectivity index (χ3n) is 10.5. The third-order valence-corrected chi connectivity index (χ3v) is 10.5. The summed E-state index contributed by atoms with van der Waals surface area (Å²) in [6, 6.07) is 71.0. The molecule has 1 unspecified atom stereocenters. The van der Waals surface area contributed by atoms with Crippen LogP contribution in [0.1, 0.15) is 22.6 Å². The van der Waals surface area contributed by atoms with Gasteiger partial charge in [0.15, 0.2) is 0 Å². The second-order valence-electron chi connectivity index (χ2n) is 13.3. The lowest BCUT2D eigenvalue weighted by molar-refractivity contribution is 1.02. The minimum Gasteiger partial charge on any atom is -0.309 e. The van der Waals surface area contributed by atoms with E-state index in [-0.39, 0.29) is 5.92 Å². The van der Waals surface area contributed by atoms with Gasteiger partial charge < -0.3 is 4.57 Å². The summed E-state index contributed by atoms with van der Waals surface area (Å²) < 4.78 is 2.37. The molecule has 0 aliphatic heterocycles. The summed E-state index contributed by atoms with van der Waals surface area (Å²) in [6.45, 7) is 0. The number of hydrogen-bond donors (Lipinski definition) is 0. The van der Waals surface area contributed by atoms with Crippen LogP contribution in [-0.4, -0.2) is 4.57 Å². The Morgan fingerprint density at radius 1 is 0.320 bits per heavy atom. The van der Waals surface area contributed by atoms with E-state index in [1.807, 2.05) is 0 Å². The molecule has 1 aromatic heterocycles. The Morgan fingerprint density at radius 2 is 0.880 bits per heavy atom. The van der Waals surface area contributed by atoms with Crippen LogP contribution >= 0.6 is 0 Å². The molecule has 50 heavy (non-hydrogen) atoms. The van der Waals surface area contributed by atoms with Gasteiger partial charge in [-0.3, -0.25) is 0 Å². The van der Waals surface area contributed by atoms with E-state index in [0.717, 1.165) is 0 Å². The molecule has 0 fully saturated rings. The van der Waals surface area contributed by atoms with E-state index in [0.29, 0.717) is 0 Å². The normalized spacial score (nSPS) is 13.4. The quantitative estimate of drug-likeness (QED) is 0.177. The predicted octanol–water partition coefficient (Wildman–Crippen LogP) is 12.9. The van der Waals surface area contributed by atoms with Gasteiger partial charge in [-0.1, -0.05) is 152 Å². The molecule has 1 atom stereocenters. The molecule has 1 aliphatic carbocycles. The van der Waals surface area contributed by atoms with Crippen molar-refractivity contribution in [3.63, 3.8) is 0 Å². The molecule has 0 spiro atoms. The molecule has 234 valence electrons. The van der Waals surface area contributed by atoms with E-state index in [4.69, 9.17) is 0 Å². The zero-order valence-electron chi connectivity index (χ0n) is 27.5. The fraction of sp³-hybridized carbons (Fsp3) is 0.0204. The first-order valence-electron chi connectivity index (χ1n) is 17.4. The number of para-hydroxylation sites is 2. The van der Waals surface area contributed by atoms with Gasteiger partial charge in [0, 0.05) is 22.4 Å². The molecule has 0 saturated carbocycles. The lowest BCUT2D eigenvalue weighted by Crippen LogP contribution is -1.98. The highest BCUT2D eigenvalue weighted by Crippen LogP contribution is 2.49. The maximum atomic E-state index is 2.39. The van der Waals surface area contributed by atoms with E-state index in [9.17, 15) is 0 Å². The fourth-order valence-electron chi connectivity index (χ4n) is 8.13. The number of benzene rings is 8. The summed E-state index contributed by atoms with van der Waals surface area (Å²) >= 11 is 0. The number of rotatable bonds is 5. The van der Waals surface area contributed by atoms with Crippen molar-refractivity contribution < 1.29 is 0 Å². The molecular weight excluding hydrogens is 603 g/mol. The first-order chi connectivity index (χ1) is 24.8. The second-order valence-corrected chi connectivity index (χ2v) is 13.3. The Kier molecular flexibility index (Phi) is 6.63. The molecule has 1 heterocycles. The molecule has 8 aromatic carbocycles. The first kappa shape index (κ1) is 28.6. The van der Waals surface area contributed by atoms with Gasteiger partial charge in [0.1, 0.15) is 0 Å². The van der Waals surface area contributed by atoms with E-state index in [1.165, 1.54) is 88.7 Å². The maximum Gasteiger partial charge on any atom is 0.0541 e. The average molecular weight is 636 g/mol. The zero-order valence-corrected chi connectivity index (χ0v) is 27.5. The molecule has 10 rings (SSSR count). The smallest absolute Gasteiger partial charge is 0.0541 e. The second kappa shape index (κ2) is 11.6. The SMILES string of the molecule is c1ccc(C2c3ccccc3-c3cc(-c4ccc(-c5cccc(-c6ccc7c(c6)c6ccccc6n7-c6ccccc6)c5)cc4)ccc32)cc1. The van der Waals surface area contributed by atoms with Crippen LogP contribution < -0.4 is 0 Å². The van der Waals surface area contributed by atoms with Gasteiger partial charge in [-0.05, 0) is 104 Å². The molecule has 1 heteroatoms. The van der Waals surface area contributed by atoms with Crippen LogP contribution in [0.3, 0.4) is 0 Å². The third kappa shape index (κ3) is 4.63. The first-order valence-corrected chi connectivity index (χ1v) is 17.4. The summed E-state index contributed by atoms with van der Waals surface area (Å²) in [4.78, 5) is 0. The van der Waals surface area contributed by atoms with Crippen molar-refractivity contribution in [1.82, 2.24) is 4.57 Å². The van der Waals surface area contributed by atoms with Gasteiger partial charge in [0.05, 0.1) is 11.0 Å². The van der Waals surface area contributed by atoms with Crippen LogP contribution in [0.25, 0.3) is 72.0 Å². The number of hydrogen-bond acceptors (Lipinski definition) is 0. The van der Waals surface area contributed by atoms with Crippen molar-refractivity contribution >= 4 is 21.8 Å². The predicted molar refractivity (Wildman–Crippen MR) is 210 cm³/mol. The van der Waals surface area contributed by atoms with E-state index < -0.39 is 0 Å². The van der Waals surface area contributed by atoms with Crippen molar-refractivity contribution in [2.75, 3.05) is 0 Å². The summed E-state index contributed by atoms with van der Waals surface area (Å²) in [5, 5.41) is 2.54. The molecule has 0 radical (unpaired) electrons. The Labute approximate surface area is 292 Å². The van der Waals surface area contributed by atoms with Crippen molar-refractivity contribution in [2.24, 2.45) is 0 Å². The highest BCUT2D eigenvalue weighted by Gasteiger charge is 2.29. The van der Waals surface area contributed by atoms with E-state index in [2.05, 4.69) is 199 Å². The number of nitrogens with zero attached hydrogens (tertiary/aromatic N) is 1. The van der Waals surface area contributed by atoms with Crippen LogP contribution in [0.5, 0.6) is 0 Å². The molecule has 1 nitrogen and oxygen atoms in total. The van der Waals surface area contributed by atoms with Crippen LogP contribution in [-0.2, 0) is 0 Å². The topological polar surface area (TPSA) is 4.93 Å². The highest BCUT2D eigenvalue weighted by molar-refractivity contribution is 6.10. The minimum absolute atomic E-state index is 0.273. The van der Waals surface area contributed by atoms with Crippen molar-refractivity contribution in [2.45, 2.75) is 5.92 Å². The molecular formula is C49H33N. The van der Waals surface area contributed by atoms with Crippen molar-refractivity contribution in [3.8, 4) is 50.2 Å². The van der Waals surface area contributed by atoms with E-state index in [1.54, 1.807) is 0 Å². The van der Waals surface area contributed by atoms with Crippen LogP contribution in [0.4, 0.5) is 0 Å².